The molecule has 2 rings (SSSR count). The van der Waals surface area contributed by atoms with E-state index in [1.165, 1.54) is 37.2 Å². The fourth-order valence-electron chi connectivity index (χ4n) is 2.11. The van der Waals surface area contributed by atoms with E-state index < -0.39 is 0 Å². The molecule has 1 saturated carbocycles. The van der Waals surface area contributed by atoms with Crippen molar-refractivity contribution in [2.24, 2.45) is 5.41 Å². The number of nitrogens with zero attached hydrogens (tertiary/aromatic N) is 1. The number of hydrogen-bond donors (Lipinski definition) is 2. The molecule has 0 spiro atoms. The highest BCUT2D eigenvalue weighted by atomic mass is 32.1. The van der Waals surface area contributed by atoms with Crippen LogP contribution < -0.4 is 11.1 Å². The van der Waals surface area contributed by atoms with E-state index in [-0.39, 0.29) is 0 Å². The van der Waals surface area contributed by atoms with Gasteiger partial charge in [0, 0.05) is 12.1 Å². The molecule has 0 saturated heterocycles. The Kier molecular flexibility index (Phi) is 2.87. The normalized spacial score (nSPS) is 18.5. The zero-order valence-electron chi connectivity index (χ0n) is 9.47. The highest BCUT2D eigenvalue weighted by Crippen LogP contribution is 2.44. The predicted octanol–water partition coefficient (Wildman–Crippen LogP) is 3.03. The highest BCUT2D eigenvalue weighted by Gasteiger charge is 2.34. The molecule has 0 aromatic carbocycles. The van der Waals surface area contributed by atoms with E-state index in [9.17, 15) is 0 Å². The third kappa shape index (κ3) is 1.95. The number of nitrogens with two attached hydrogens (primary N) is 1. The number of nitrogen functional groups attached to an aromatic ring is 1. The molecule has 1 aliphatic carbocycles. The van der Waals surface area contributed by atoms with E-state index in [1.54, 1.807) is 0 Å². The topological polar surface area (TPSA) is 50.9 Å². The molecule has 0 bridgehead atoms. The second-order valence-corrected chi connectivity index (χ2v) is 5.36. The minimum absolute atomic E-state index is 0.547. The van der Waals surface area contributed by atoms with E-state index in [0.717, 1.165) is 17.1 Å². The SMILES string of the molecule is CCC1(CNc2snc(N)c2C)CCC1. The molecular weight excluding hydrogens is 206 g/mol. The number of hydrogen-bond acceptors (Lipinski definition) is 4. The second kappa shape index (κ2) is 4.00. The van der Waals surface area contributed by atoms with Crippen LogP contribution in [0.2, 0.25) is 0 Å². The average molecular weight is 225 g/mol. The number of rotatable bonds is 4. The first-order chi connectivity index (χ1) is 7.17. The summed E-state index contributed by atoms with van der Waals surface area (Å²) in [6, 6.07) is 0. The van der Waals surface area contributed by atoms with Crippen LogP contribution >= 0.6 is 11.5 Å². The number of nitrogens with one attached hydrogen (secondary N) is 1. The van der Waals surface area contributed by atoms with Gasteiger partial charge in [0.2, 0.25) is 0 Å². The van der Waals surface area contributed by atoms with Crippen LogP contribution in [0.3, 0.4) is 0 Å². The predicted molar refractivity (Wildman–Crippen MR) is 66.3 cm³/mol. The van der Waals surface area contributed by atoms with Gasteiger partial charge in [0.1, 0.15) is 10.8 Å². The van der Waals surface area contributed by atoms with Gasteiger partial charge in [0.15, 0.2) is 0 Å². The molecule has 1 aliphatic rings. The van der Waals surface area contributed by atoms with E-state index in [1.807, 2.05) is 6.92 Å². The first-order valence-corrected chi connectivity index (χ1v) is 6.40. The van der Waals surface area contributed by atoms with Crippen LogP contribution in [0.4, 0.5) is 10.8 Å². The molecule has 0 atom stereocenters. The zero-order chi connectivity index (χ0) is 10.9. The largest absolute Gasteiger partial charge is 0.383 e. The molecule has 4 heteroatoms. The monoisotopic (exact) mass is 225 g/mol. The van der Waals surface area contributed by atoms with Crippen molar-refractivity contribution in [1.82, 2.24) is 4.37 Å². The van der Waals surface area contributed by atoms with Gasteiger partial charge < -0.3 is 11.1 Å². The minimum Gasteiger partial charge on any atom is -0.383 e. The summed E-state index contributed by atoms with van der Waals surface area (Å²) in [5.41, 5.74) is 7.37. The van der Waals surface area contributed by atoms with Gasteiger partial charge in [-0.05, 0) is 43.1 Å². The molecule has 0 unspecified atom stereocenters. The molecule has 1 aromatic heterocycles. The van der Waals surface area contributed by atoms with Crippen LogP contribution in [0, 0.1) is 12.3 Å². The van der Waals surface area contributed by atoms with Crippen molar-refractivity contribution in [2.75, 3.05) is 17.6 Å². The number of aromatic nitrogens is 1. The molecule has 3 N–H and O–H groups in total. The van der Waals surface area contributed by atoms with Crippen LogP contribution in [0.25, 0.3) is 0 Å². The van der Waals surface area contributed by atoms with Crippen LogP contribution in [-0.2, 0) is 0 Å². The fraction of sp³-hybridized carbons (Fsp3) is 0.727. The summed E-state index contributed by atoms with van der Waals surface area (Å²) in [5, 5.41) is 4.65. The van der Waals surface area contributed by atoms with Gasteiger partial charge >= 0.3 is 0 Å². The van der Waals surface area contributed by atoms with Gasteiger partial charge in [-0.2, -0.15) is 4.37 Å². The average Bonchev–Trinajstić information content (AvgIpc) is 2.48. The van der Waals surface area contributed by atoms with Crippen molar-refractivity contribution in [3.63, 3.8) is 0 Å². The lowest BCUT2D eigenvalue weighted by molar-refractivity contribution is 0.145. The van der Waals surface area contributed by atoms with Crippen LogP contribution in [-0.4, -0.2) is 10.9 Å². The molecule has 3 nitrogen and oxygen atoms in total. The van der Waals surface area contributed by atoms with Crippen molar-refractivity contribution in [2.45, 2.75) is 39.5 Å². The van der Waals surface area contributed by atoms with Crippen molar-refractivity contribution >= 4 is 22.4 Å². The molecule has 0 aliphatic heterocycles. The Morgan fingerprint density at radius 2 is 2.27 bits per heavy atom. The van der Waals surface area contributed by atoms with Gasteiger partial charge in [-0.25, -0.2) is 0 Å². The van der Waals surface area contributed by atoms with E-state index in [4.69, 9.17) is 5.73 Å². The Bertz CT molecular complexity index is 336. The van der Waals surface area contributed by atoms with E-state index >= 15 is 0 Å². The Balaban J connectivity index is 1.95. The van der Waals surface area contributed by atoms with Gasteiger partial charge in [0.05, 0.1) is 0 Å². The molecule has 0 radical (unpaired) electrons. The van der Waals surface area contributed by atoms with Crippen molar-refractivity contribution in [3.05, 3.63) is 5.56 Å². The van der Waals surface area contributed by atoms with Gasteiger partial charge in [-0.1, -0.05) is 13.3 Å². The minimum atomic E-state index is 0.547. The maximum Gasteiger partial charge on any atom is 0.142 e. The highest BCUT2D eigenvalue weighted by molar-refractivity contribution is 7.10. The van der Waals surface area contributed by atoms with E-state index in [2.05, 4.69) is 16.6 Å². The smallest absolute Gasteiger partial charge is 0.142 e. The first-order valence-electron chi connectivity index (χ1n) is 5.62. The number of anilines is 2. The van der Waals surface area contributed by atoms with Gasteiger partial charge in [0.25, 0.3) is 0 Å². The molecule has 1 aromatic rings. The molecular formula is C11H19N3S. The molecule has 0 amide bonds. The summed E-state index contributed by atoms with van der Waals surface area (Å²) >= 11 is 1.48. The Morgan fingerprint density at radius 3 is 2.67 bits per heavy atom. The summed E-state index contributed by atoms with van der Waals surface area (Å²) in [5.74, 6) is 0.668. The van der Waals surface area contributed by atoms with Crippen molar-refractivity contribution in [1.29, 1.82) is 0 Å². The Hall–Kier alpha value is -0.770. The lowest BCUT2D eigenvalue weighted by Gasteiger charge is -2.41. The standard InChI is InChI=1S/C11H19N3S/c1-3-11(5-4-6-11)7-13-10-8(2)9(12)14-15-10/h13H,3-7H2,1-2H3,(H2,12,14). The summed E-state index contributed by atoms with van der Waals surface area (Å²) in [4.78, 5) is 0. The Labute approximate surface area is 95.2 Å². The molecule has 1 fully saturated rings. The third-order valence-corrected chi connectivity index (χ3v) is 4.67. The maximum absolute atomic E-state index is 5.72. The lowest BCUT2D eigenvalue weighted by atomic mass is 9.67. The fourth-order valence-corrected chi connectivity index (χ4v) is 2.82. The van der Waals surface area contributed by atoms with Crippen molar-refractivity contribution in [3.8, 4) is 0 Å². The summed E-state index contributed by atoms with van der Waals surface area (Å²) < 4.78 is 4.14. The zero-order valence-corrected chi connectivity index (χ0v) is 10.3. The maximum atomic E-state index is 5.72. The van der Waals surface area contributed by atoms with Gasteiger partial charge in [-0.3, -0.25) is 0 Å². The summed E-state index contributed by atoms with van der Waals surface area (Å²) in [6.07, 6.45) is 5.39. The lowest BCUT2D eigenvalue weighted by Crippen LogP contribution is -2.35. The van der Waals surface area contributed by atoms with Crippen LogP contribution in [0.1, 0.15) is 38.2 Å². The van der Waals surface area contributed by atoms with Crippen molar-refractivity contribution < 1.29 is 0 Å². The quantitative estimate of drug-likeness (QED) is 0.828. The first kappa shape index (κ1) is 10.7. The van der Waals surface area contributed by atoms with E-state index in [0.29, 0.717) is 11.2 Å². The summed E-state index contributed by atoms with van der Waals surface area (Å²) in [7, 11) is 0. The summed E-state index contributed by atoms with van der Waals surface area (Å²) in [6.45, 7) is 5.39. The second-order valence-electron chi connectivity index (χ2n) is 4.58. The molecule has 84 valence electrons. The van der Waals surface area contributed by atoms with Crippen LogP contribution in [0.5, 0.6) is 0 Å². The molecule has 1 heterocycles. The molecule has 15 heavy (non-hydrogen) atoms. The Morgan fingerprint density at radius 1 is 1.53 bits per heavy atom. The van der Waals surface area contributed by atoms with Gasteiger partial charge in [-0.15, -0.1) is 0 Å². The third-order valence-electron chi connectivity index (χ3n) is 3.75. The van der Waals surface area contributed by atoms with Crippen LogP contribution in [0.15, 0.2) is 0 Å².